The first kappa shape index (κ1) is 11.3. The van der Waals surface area contributed by atoms with Gasteiger partial charge in [0.25, 0.3) is 5.56 Å². The summed E-state index contributed by atoms with van der Waals surface area (Å²) in [6.07, 6.45) is 1.07. The third kappa shape index (κ3) is 3.12. The van der Waals surface area contributed by atoms with Crippen molar-refractivity contribution in [3.05, 3.63) is 28.7 Å². The molecule has 0 saturated carbocycles. The van der Waals surface area contributed by atoms with E-state index in [2.05, 4.69) is 5.32 Å². The van der Waals surface area contributed by atoms with Crippen molar-refractivity contribution < 1.29 is 9.53 Å². The second-order valence-electron chi connectivity index (χ2n) is 2.89. The normalized spacial score (nSPS) is 9.73. The van der Waals surface area contributed by atoms with Crippen LogP contribution in [-0.2, 0) is 11.3 Å². The van der Waals surface area contributed by atoms with Crippen molar-refractivity contribution in [2.75, 3.05) is 11.9 Å². The number of hydrogen-bond donors (Lipinski definition) is 1. The van der Waals surface area contributed by atoms with Gasteiger partial charge in [0.15, 0.2) is 0 Å². The highest BCUT2D eigenvalue weighted by Crippen LogP contribution is 2.03. The standard InChI is InChI=1S/C10H14N2O3/c1-3-12-7-8(5-6-9(12)13)11-10(14)15-4-2/h5-7H,3-4H2,1-2H3,(H,11,14). The monoisotopic (exact) mass is 210 g/mol. The predicted molar refractivity (Wildman–Crippen MR) is 57.0 cm³/mol. The molecule has 1 rings (SSSR count). The molecule has 0 aliphatic carbocycles. The number of carbonyl (C=O) groups is 1. The maximum absolute atomic E-state index is 11.2. The summed E-state index contributed by atoms with van der Waals surface area (Å²) in [5.74, 6) is 0. The van der Waals surface area contributed by atoms with Gasteiger partial charge < -0.3 is 9.30 Å². The quantitative estimate of drug-likeness (QED) is 0.821. The van der Waals surface area contributed by atoms with Crippen LogP contribution in [0.4, 0.5) is 10.5 Å². The minimum Gasteiger partial charge on any atom is -0.450 e. The Bertz CT molecular complexity index is 398. The van der Waals surface area contributed by atoms with E-state index >= 15 is 0 Å². The molecule has 15 heavy (non-hydrogen) atoms. The fourth-order valence-corrected chi connectivity index (χ4v) is 1.14. The van der Waals surface area contributed by atoms with E-state index in [1.54, 1.807) is 19.2 Å². The second-order valence-corrected chi connectivity index (χ2v) is 2.89. The van der Waals surface area contributed by atoms with Gasteiger partial charge in [-0.25, -0.2) is 4.79 Å². The van der Waals surface area contributed by atoms with E-state index in [9.17, 15) is 9.59 Å². The van der Waals surface area contributed by atoms with E-state index in [1.165, 1.54) is 10.6 Å². The summed E-state index contributed by atoms with van der Waals surface area (Å²) in [5, 5.41) is 2.52. The van der Waals surface area contributed by atoms with Gasteiger partial charge >= 0.3 is 6.09 Å². The Labute approximate surface area is 87.7 Å². The molecule has 0 radical (unpaired) electrons. The molecular formula is C10H14N2O3. The summed E-state index contributed by atoms with van der Waals surface area (Å²) in [6, 6.07) is 2.95. The van der Waals surface area contributed by atoms with Gasteiger partial charge in [-0.3, -0.25) is 10.1 Å². The number of anilines is 1. The summed E-state index contributed by atoms with van der Waals surface area (Å²) in [6.45, 7) is 4.47. The number of nitrogens with zero attached hydrogens (tertiary/aromatic N) is 1. The molecule has 0 aliphatic heterocycles. The molecule has 0 unspecified atom stereocenters. The number of pyridine rings is 1. The average Bonchev–Trinajstić information content (AvgIpc) is 2.21. The Morgan fingerprint density at radius 2 is 2.20 bits per heavy atom. The van der Waals surface area contributed by atoms with Crippen LogP contribution in [0, 0.1) is 0 Å². The Morgan fingerprint density at radius 3 is 2.80 bits per heavy atom. The molecule has 82 valence electrons. The van der Waals surface area contributed by atoms with Crippen molar-refractivity contribution in [3.8, 4) is 0 Å². The van der Waals surface area contributed by atoms with Crippen LogP contribution in [0.3, 0.4) is 0 Å². The summed E-state index contributed by atoms with van der Waals surface area (Å²) >= 11 is 0. The largest absolute Gasteiger partial charge is 0.450 e. The SMILES string of the molecule is CCOC(=O)Nc1ccc(=O)n(CC)c1. The van der Waals surface area contributed by atoms with E-state index in [0.29, 0.717) is 18.8 Å². The molecule has 0 aromatic carbocycles. The van der Waals surface area contributed by atoms with Crippen molar-refractivity contribution in [1.29, 1.82) is 0 Å². The third-order valence-corrected chi connectivity index (χ3v) is 1.85. The maximum atomic E-state index is 11.2. The van der Waals surface area contributed by atoms with E-state index in [1.807, 2.05) is 6.92 Å². The maximum Gasteiger partial charge on any atom is 0.411 e. The molecule has 0 spiro atoms. The molecule has 0 bridgehead atoms. The summed E-state index contributed by atoms with van der Waals surface area (Å²) in [4.78, 5) is 22.3. The zero-order chi connectivity index (χ0) is 11.3. The molecule has 1 aromatic heterocycles. The number of amides is 1. The number of aryl methyl sites for hydroxylation is 1. The minimum atomic E-state index is -0.515. The molecule has 5 nitrogen and oxygen atoms in total. The van der Waals surface area contributed by atoms with Crippen LogP contribution in [0.25, 0.3) is 0 Å². The number of rotatable bonds is 3. The van der Waals surface area contributed by atoms with Crippen LogP contribution in [0.15, 0.2) is 23.1 Å². The van der Waals surface area contributed by atoms with Crippen LogP contribution in [0.1, 0.15) is 13.8 Å². The van der Waals surface area contributed by atoms with E-state index in [4.69, 9.17) is 4.74 Å². The fourth-order valence-electron chi connectivity index (χ4n) is 1.14. The van der Waals surface area contributed by atoms with Gasteiger partial charge in [-0.15, -0.1) is 0 Å². The van der Waals surface area contributed by atoms with Crippen LogP contribution in [0.2, 0.25) is 0 Å². The van der Waals surface area contributed by atoms with Crippen LogP contribution >= 0.6 is 0 Å². The van der Waals surface area contributed by atoms with Gasteiger partial charge in [-0.2, -0.15) is 0 Å². The first-order valence-electron chi connectivity index (χ1n) is 4.81. The number of carbonyl (C=O) groups excluding carboxylic acids is 1. The van der Waals surface area contributed by atoms with Crippen LogP contribution in [-0.4, -0.2) is 17.3 Å². The topological polar surface area (TPSA) is 60.3 Å². The highest BCUT2D eigenvalue weighted by atomic mass is 16.5. The van der Waals surface area contributed by atoms with Gasteiger partial charge in [0, 0.05) is 18.8 Å². The highest BCUT2D eigenvalue weighted by molar-refractivity contribution is 5.84. The van der Waals surface area contributed by atoms with E-state index in [0.717, 1.165) is 0 Å². The lowest BCUT2D eigenvalue weighted by atomic mass is 10.4. The van der Waals surface area contributed by atoms with Crippen molar-refractivity contribution >= 4 is 11.8 Å². The minimum absolute atomic E-state index is 0.0908. The predicted octanol–water partition coefficient (Wildman–Crippen LogP) is 1.44. The van der Waals surface area contributed by atoms with Gasteiger partial charge in [-0.05, 0) is 19.9 Å². The number of ether oxygens (including phenoxy) is 1. The first-order chi connectivity index (χ1) is 7.17. The molecule has 0 saturated heterocycles. The van der Waals surface area contributed by atoms with E-state index < -0.39 is 6.09 Å². The number of hydrogen-bond acceptors (Lipinski definition) is 3. The van der Waals surface area contributed by atoms with Crippen molar-refractivity contribution in [3.63, 3.8) is 0 Å². The second kappa shape index (κ2) is 5.19. The lowest BCUT2D eigenvalue weighted by molar-refractivity contribution is 0.168. The van der Waals surface area contributed by atoms with Crippen LogP contribution < -0.4 is 10.9 Å². The molecular weight excluding hydrogens is 196 g/mol. The van der Waals surface area contributed by atoms with Gasteiger partial charge in [0.2, 0.25) is 0 Å². The zero-order valence-electron chi connectivity index (χ0n) is 8.82. The molecule has 5 heteroatoms. The zero-order valence-corrected chi connectivity index (χ0v) is 8.82. The summed E-state index contributed by atoms with van der Waals surface area (Å²) in [5.41, 5.74) is 0.460. The Hall–Kier alpha value is -1.78. The summed E-state index contributed by atoms with van der Waals surface area (Å²) < 4.78 is 6.21. The molecule has 1 amide bonds. The molecule has 1 aromatic rings. The van der Waals surface area contributed by atoms with Crippen molar-refractivity contribution in [1.82, 2.24) is 4.57 Å². The Morgan fingerprint density at radius 1 is 1.47 bits per heavy atom. The average molecular weight is 210 g/mol. The smallest absolute Gasteiger partial charge is 0.411 e. The molecule has 1 heterocycles. The van der Waals surface area contributed by atoms with Crippen LogP contribution in [0.5, 0.6) is 0 Å². The third-order valence-electron chi connectivity index (χ3n) is 1.85. The highest BCUT2D eigenvalue weighted by Gasteiger charge is 2.02. The Kier molecular flexibility index (Phi) is 3.91. The first-order valence-corrected chi connectivity index (χ1v) is 4.81. The molecule has 0 atom stereocenters. The van der Waals surface area contributed by atoms with Gasteiger partial charge in [0.05, 0.1) is 12.3 Å². The summed E-state index contributed by atoms with van der Waals surface area (Å²) in [7, 11) is 0. The number of aromatic nitrogens is 1. The fraction of sp³-hybridized carbons (Fsp3) is 0.400. The lowest BCUT2D eigenvalue weighted by Gasteiger charge is -2.07. The van der Waals surface area contributed by atoms with Gasteiger partial charge in [0.1, 0.15) is 0 Å². The van der Waals surface area contributed by atoms with Crippen molar-refractivity contribution in [2.45, 2.75) is 20.4 Å². The molecule has 0 aliphatic rings. The van der Waals surface area contributed by atoms with Crippen molar-refractivity contribution in [2.24, 2.45) is 0 Å². The lowest BCUT2D eigenvalue weighted by Crippen LogP contribution is -2.20. The molecule has 1 N–H and O–H groups in total. The number of nitrogens with one attached hydrogen (secondary N) is 1. The molecule has 0 fully saturated rings. The van der Waals surface area contributed by atoms with Gasteiger partial charge in [-0.1, -0.05) is 0 Å². The van der Waals surface area contributed by atoms with E-state index in [-0.39, 0.29) is 5.56 Å². The Balaban J connectivity index is 2.78.